The average molecular weight is 405 g/mol. The average Bonchev–Trinajstić information content (AvgIpc) is 3.27. The highest BCUT2D eigenvalue weighted by atomic mass is 16.3. The van der Waals surface area contributed by atoms with E-state index in [1.54, 1.807) is 0 Å². The SMILES string of the molecule is CCn1ncc(/C=N\N=C2\CC[C@@H]3[C@@H]4CCc5cc(O)ccc5[C@H]4CC[C@]23C)c1C. The Morgan fingerprint density at radius 1 is 1.27 bits per heavy atom. The first-order chi connectivity index (χ1) is 14.5. The maximum atomic E-state index is 9.87. The van der Waals surface area contributed by atoms with Gasteiger partial charge in [-0.15, -0.1) is 0 Å². The number of aryl methyl sites for hydroxylation is 2. The van der Waals surface area contributed by atoms with Gasteiger partial charge in [0.15, 0.2) is 0 Å². The van der Waals surface area contributed by atoms with E-state index in [0.29, 0.717) is 17.6 Å². The third-order valence-corrected chi connectivity index (χ3v) is 8.27. The van der Waals surface area contributed by atoms with Crippen LogP contribution in [0.2, 0.25) is 0 Å². The van der Waals surface area contributed by atoms with E-state index < -0.39 is 0 Å². The molecule has 30 heavy (non-hydrogen) atoms. The second-order valence-electron chi connectivity index (χ2n) is 9.59. The Kier molecular flexibility index (Phi) is 4.79. The normalized spacial score (nSPS) is 31.7. The van der Waals surface area contributed by atoms with Gasteiger partial charge in [0.25, 0.3) is 0 Å². The summed E-state index contributed by atoms with van der Waals surface area (Å²) in [6, 6.07) is 6.03. The van der Waals surface area contributed by atoms with Crippen LogP contribution >= 0.6 is 0 Å². The number of aromatic hydroxyl groups is 1. The summed E-state index contributed by atoms with van der Waals surface area (Å²) in [6.07, 6.45) is 10.7. The first-order valence-corrected chi connectivity index (χ1v) is 11.5. The number of phenols is 1. The minimum Gasteiger partial charge on any atom is -0.508 e. The number of hydrogen-bond acceptors (Lipinski definition) is 4. The van der Waals surface area contributed by atoms with E-state index in [0.717, 1.165) is 36.6 Å². The molecular weight excluding hydrogens is 372 g/mol. The molecule has 1 heterocycles. The van der Waals surface area contributed by atoms with E-state index in [4.69, 9.17) is 5.10 Å². The Labute approximate surface area is 178 Å². The zero-order valence-electron chi connectivity index (χ0n) is 18.3. The number of rotatable bonds is 3. The fourth-order valence-electron chi connectivity index (χ4n) is 6.59. The Bertz CT molecular complexity index is 1020. The van der Waals surface area contributed by atoms with Crippen LogP contribution in [0.15, 0.2) is 34.6 Å². The van der Waals surface area contributed by atoms with Crippen molar-refractivity contribution in [3.05, 3.63) is 46.8 Å². The molecule has 158 valence electrons. The zero-order valence-corrected chi connectivity index (χ0v) is 18.3. The molecule has 5 rings (SSSR count). The summed E-state index contributed by atoms with van der Waals surface area (Å²) in [5.74, 6) is 2.46. The summed E-state index contributed by atoms with van der Waals surface area (Å²) in [5.41, 5.74) is 6.51. The Hall–Kier alpha value is -2.43. The lowest BCUT2D eigenvalue weighted by molar-refractivity contribution is 0.0955. The van der Waals surface area contributed by atoms with Crippen LogP contribution in [0.5, 0.6) is 5.75 Å². The number of nitrogens with zero attached hydrogens (tertiary/aromatic N) is 4. The first kappa shape index (κ1) is 19.5. The van der Waals surface area contributed by atoms with Crippen molar-refractivity contribution in [2.24, 2.45) is 27.5 Å². The molecule has 1 aromatic heterocycles. The summed E-state index contributed by atoms with van der Waals surface area (Å²) in [7, 11) is 0. The van der Waals surface area contributed by atoms with Crippen molar-refractivity contribution in [1.29, 1.82) is 0 Å². The second-order valence-corrected chi connectivity index (χ2v) is 9.59. The van der Waals surface area contributed by atoms with Crippen LogP contribution in [-0.4, -0.2) is 26.8 Å². The van der Waals surface area contributed by atoms with Crippen LogP contribution in [0.3, 0.4) is 0 Å². The van der Waals surface area contributed by atoms with E-state index in [2.05, 4.69) is 37.0 Å². The number of phenolic OH excluding ortho intramolecular Hbond substituents is 1. The molecule has 0 aliphatic heterocycles. The number of hydrogen-bond donors (Lipinski definition) is 1. The van der Waals surface area contributed by atoms with E-state index in [9.17, 15) is 5.11 Å². The summed E-state index contributed by atoms with van der Waals surface area (Å²) in [4.78, 5) is 0. The third kappa shape index (κ3) is 3.01. The Morgan fingerprint density at radius 2 is 2.13 bits per heavy atom. The van der Waals surface area contributed by atoms with Gasteiger partial charge >= 0.3 is 0 Å². The molecule has 2 aromatic rings. The number of aromatic nitrogens is 2. The van der Waals surface area contributed by atoms with Gasteiger partial charge in [-0.25, -0.2) is 0 Å². The van der Waals surface area contributed by atoms with Gasteiger partial charge in [0.05, 0.1) is 12.4 Å². The standard InChI is InChI=1S/C25H32N4O/c1-4-29-16(2)18(15-27-29)14-26-28-24-10-9-23-22-7-5-17-13-19(30)6-8-20(17)21(22)11-12-25(23,24)3/h6,8,13-15,21-23,30H,4-5,7,9-12H2,1-3H3/b26-14-,28-24-/t21-,22-,23-,25+/m1/s1. The van der Waals surface area contributed by atoms with Gasteiger partial charge in [-0.3, -0.25) is 4.68 Å². The van der Waals surface area contributed by atoms with E-state index in [1.807, 2.05) is 29.2 Å². The molecule has 5 heteroatoms. The van der Waals surface area contributed by atoms with Gasteiger partial charge in [0, 0.05) is 28.9 Å². The van der Waals surface area contributed by atoms with Crippen LogP contribution in [0, 0.1) is 24.2 Å². The van der Waals surface area contributed by atoms with Gasteiger partial charge in [0.2, 0.25) is 0 Å². The molecule has 2 fully saturated rings. The van der Waals surface area contributed by atoms with Crippen molar-refractivity contribution in [1.82, 2.24) is 9.78 Å². The minimum absolute atomic E-state index is 0.176. The van der Waals surface area contributed by atoms with E-state index >= 15 is 0 Å². The summed E-state index contributed by atoms with van der Waals surface area (Å²) in [6.45, 7) is 7.49. The monoisotopic (exact) mass is 404 g/mol. The Morgan fingerprint density at radius 3 is 2.93 bits per heavy atom. The van der Waals surface area contributed by atoms with Crippen molar-refractivity contribution in [2.45, 2.75) is 71.8 Å². The molecule has 1 aromatic carbocycles. The summed E-state index contributed by atoms with van der Waals surface area (Å²) in [5, 5.41) is 23.5. The molecular formula is C25H32N4O. The molecule has 2 saturated carbocycles. The van der Waals surface area contributed by atoms with Gasteiger partial charge in [-0.2, -0.15) is 15.3 Å². The maximum absolute atomic E-state index is 9.87. The summed E-state index contributed by atoms with van der Waals surface area (Å²) >= 11 is 0. The smallest absolute Gasteiger partial charge is 0.115 e. The van der Waals surface area contributed by atoms with Crippen LogP contribution in [0.4, 0.5) is 0 Å². The third-order valence-electron chi connectivity index (χ3n) is 8.27. The lowest BCUT2D eigenvalue weighted by atomic mass is 9.55. The van der Waals surface area contributed by atoms with Crippen LogP contribution in [-0.2, 0) is 13.0 Å². The zero-order chi connectivity index (χ0) is 20.9. The highest BCUT2D eigenvalue weighted by Gasteiger charge is 2.53. The molecule has 0 spiro atoms. The van der Waals surface area contributed by atoms with Crippen molar-refractivity contribution in [3.63, 3.8) is 0 Å². The van der Waals surface area contributed by atoms with Crippen molar-refractivity contribution >= 4 is 11.9 Å². The highest BCUT2D eigenvalue weighted by molar-refractivity contribution is 5.93. The minimum atomic E-state index is 0.176. The molecule has 1 N–H and O–H groups in total. The fourth-order valence-corrected chi connectivity index (χ4v) is 6.59. The lowest BCUT2D eigenvalue weighted by Gasteiger charge is -2.49. The van der Waals surface area contributed by atoms with Gasteiger partial charge in [0.1, 0.15) is 5.75 Å². The fraction of sp³-hybridized carbons (Fsp3) is 0.560. The molecule has 0 radical (unpaired) electrons. The molecule has 3 aliphatic carbocycles. The van der Waals surface area contributed by atoms with Gasteiger partial charge in [-0.05, 0) is 93.4 Å². The summed E-state index contributed by atoms with van der Waals surface area (Å²) < 4.78 is 1.99. The van der Waals surface area contributed by atoms with Crippen molar-refractivity contribution in [3.8, 4) is 5.75 Å². The van der Waals surface area contributed by atoms with Crippen molar-refractivity contribution < 1.29 is 5.11 Å². The molecule has 0 unspecified atom stereocenters. The van der Waals surface area contributed by atoms with Crippen LogP contribution < -0.4 is 0 Å². The molecule has 4 atom stereocenters. The van der Waals surface area contributed by atoms with Gasteiger partial charge in [-0.1, -0.05) is 13.0 Å². The predicted octanol–water partition coefficient (Wildman–Crippen LogP) is 5.25. The number of fused-ring (bicyclic) bond motifs is 5. The largest absolute Gasteiger partial charge is 0.508 e. The maximum Gasteiger partial charge on any atom is 0.115 e. The lowest BCUT2D eigenvalue weighted by Crippen LogP contribution is -2.42. The second kappa shape index (κ2) is 7.36. The topological polar surface area (TPSA) is 62.8 Å². The van der Waals surface area contributed by atoms with E-state index in [1.165, 1.54) is 42.5 Å². The van der Waals surface area contributed by atoms with Crippen molar-refractivity contribution in [2.75, 3.05) is 0 Å². The highest BCUT2D eigenvalue weighted by Crippen LogP contribution is 2.60. The molecule has 3 aliphatic rings. The molecule has 0 amide bonds. The molecule has 0 saturated heterocycles. The van der Waals surface area contributed by atoms with Crippen LogP contribution in [0.1, 0.15) is 74.3 Å². The first-order valence-electron chi connectivity index (χ1n) is 11.5. The number of benzene rings is 1. The van der Waals surface area contributed by atoms with Crippen LogP contribution in [0.25, 0.3) is 0 Å². The molecule has 0 bridgehead atoms. The Balaban J connectivity index is 1.37. The van der Waals surface area contributed by atoms with Gasteiger partial charge < -0.3 is 5.11 Å². The van der Waals surface area contributed by atoms with E-state index in [-0.39, 0.29) is 5.41 Å². The quantitative estimate of drug-likeness (QED) is 0.561. The molecule has 5 nitrogen and oxygen atoms in total. The predicted molar refractivity (Wildman–Crippen MR) is 120 cm³/mol.